The summed E-state index contributed by atoms with van der Waals surface area (Å²) in [6.45, 7) is 5.89. The maximum Gasteiger partial charge on any atom is 0.222 e. The van der Waals surface area contributed by atoms with E-state index in [2.05, 4.69) is 0 Å². The van der Waals surface area contributed by atoms with Crippen LogP contribution in [0.15, 0.2) is 24.3 Å². The molecule has 2 atom stereocenters. The third kappa shape index (κ3) is 4.46. The Balaban J connectivity index is 1.81. The third-order valence-electron chi connectivity index (χ3n) is 4.13. The molecule has 0 bridgehead atoms. The predicted octanol–water partition coefficient (Wildman–Crippen LogP) is 2.25. The van der Waals surface area contributed by atoms with Crippen molar-refractivity contribution >= 4 is 5.91 Å². The molecule has 0 spiro atoms. The lowest BCUT2D eigenvalue weighted by molar-refractivity contribution is -0.135. The van der Waals surface area contributed by atoms with Crippen molar-refractivity contribution in [1.29, 1.82) is 0 Å². The molecule has 0 radical (unpaired) electrons. The molecule has 4 heteroatoms. The van der Waals surface area contributed by atoms with Crippen molar-refractivity contribution in [1.82, 2.24) is 4.90 Å². The number of ether oxygens (including phenoxy) is 1. The Bertz CT molecular complexity index is 458. The van der Waals surface area contributed by atoms with Crippen molar-refractivity contribution < 1.29 is 14.6 Å². The lowest BCUT2D eigenvalue weighted by atomic mass is 9.95. The summed E-state index contributed by atoms with van der Waals surface area (Å²) in [6, 6.07) is 7.89. The van der Waals surface area contributed by atoms with E-state index in [1.165, 1.54) is 0 Å². The van der Waals surface area contributed by atoms with Gasteiger partial charge < -0.3 is 14.7 Å². The van der Waals surface area contributed by atoms with Gasteiger partial charge in [-0.15, -0.1) is 0 Å². The molecule has 21 heavy (non-hydrogen) atoms. The summed E-state index contributed by atoms with van der Waals surface area (Å²) < 4.78 is 5.40. The van der Waals surface area contributed by atoms with E-state index in [-0.39, 0.29) is 12.0 Å². The van der Waals surface area contributed by atoms with Gasteiger partial charge in [-0.2, -0.15) is 0 Å². The number of aliphatic hydroxyl groups is 1. The number of carbonyl (C=O) groups is 1. The average Bonchev–Trinajstić information content (AvgIpc) is 2.49. The number of aliphatic hydroxyl groups excluding tert-OH is 1. The molecule has 1 N–H and O–H groups in total. The number of benzene rings is 1. The Kier molecular flexibility index (Phi) is 5.62. The highest BCUT2D eigenvalue weighted by molar-refractivity contribution is 5.76. The second kappa shape index (κ2) is 7.46. The van der Waals surface area contributed by atoms with Gasteiger partial charge in [-0.1, -0.05) is 19.1 Å². The number of β-amino-alcohol motifs (C(OH)–C–C–N with tert-alkyl or cyclic N) is 1. The molecule has 4 nitrogen and oxygen atoms in total. The van der Waals surface area contributed by atoms with Crippen molar-refractivity contribution in [3.63, 3.8) is 0 Å². The minimum atomic E-state index is -0.381. The van der Waals surface area contributed by atoms with Crippen molar-refractivity contribution in [3.05, 3.63) is 29.8 Å². The maximum absolute atomic E-state index is 12.2. The van der Waals surface area contributed by atoms with Crippen LogP contribution in [0.1, 0.15) is 32.3 Å². The van der Waals surface area contributed by atoms with Crippen LogP contribution in [0, 0.1) is 5.92 Å². The summed E-state index contributed by atoms with van der Waals surface area (Å²) in [7, 11) is 0. The molecule has 0 aromatic heterocycles. The fraction of sp³-hybridized carbons (Fsp3) is 0.588. The van der Waals surface area contributed by atoms with Crippen LogP contribution in [0.4, 0.5) is 0 Å². The van der Waals surface area contributed by atoms with E-state index in [1.807, 2.05) is 38.1 Å². The van der Waals surface area contributed by atoms with Crippen LogP contribution in [0.3, 0.4) is 0 Å². The normalized spacial score (nSPS) is 22.1. The number of carbonyl (C=O) groups excluding carboxylic acids is 1. The first-order chi connectivity index (χ1) is 10.1. The first-order valence-corrected chi connectivity index (χ1v) is 7.77. The van der Waals surface area contributed by atoms with Crippen LogP contribution in [-0.4, -0.2) is 41.7 Å². The van der Waals surface area contributed by atoms with Gasteiger partial charge in [0.25, 0.3) is 0 Å². The predicted molar refractivity (Wildman–Crippen MR) is 82.3 cm³/mol. The minimum absolute atomic E-state index is 0.134. The third-order valence-corrected chi connectivity index (χ3v) is 4.13. The average molecular weight is 291 g/mol. The van der Waals surface area contributed by atoms with Crippen LogP contribution in [-0.2, 0) is 11.2 Å². The topological polar surface area (TPSA) is 49.8 Å². The molecule has 2 unspecified atom stereocenters. The monoisotopic (exact) mass is 291 g/mol. The van der Waals surface area contributed by atoms with Crippen molar-refractivity contribution in [2.75, 3.05) is 19.7 Å². The van der Waals surface area contributed by atoms with Gasteiger partial charge in [0.1, 0.15) is 5.75 Å². The van der Waals surface area contributed by atoms with E-state index in [0.717, 1.165) is 30.7 Å². The molecule has 1 aromatic carbocycles. The molecule has 0 aliphatic carbocycles. The Morgan fingerprint density at radius 2 is 2.10 bits per heavy atom. The molecule has 1 aliphatic heterocycles. The van der Waals surface area contributed by atoms with Gasteiger partial charge in [0, 0.05) is 19.5 Å². The zero-order valence-electron chi connectivity index (χ0n) is 12.9. The van der Waals surface area contributed by atoms with Crippen LogP contribution in [0.5, 0.6) is 5.75 Å². The number of rotatable bonds is 5. The standard InChI is InChI=1S/C17H25NO3/c1-3-21-15-7-4-14(5-8-15)6-9-17(20)18-11-10-13(2)16(19)12-18/h4-5,7-8,13,16,19H,3,6,9-12H2,1-2H3. The lowest BCUT2D eigenvalue weighted by Crippen LogP contribution is -2.45. The van der Waals surface area contributed by atoms with Crippen molar-refractivity contribution in [3.8, 4) is 5.75 Å². The van der Waals surface area contributed by atoms with Crippen molar-refractivity contribution in [2.24, 2.45) is 5.92 Å². The quantitative estimate of drug-likeness (QED) is 0.905. The van der Waals surface area contributed by atoms with E-state index < -0.39 is 0 Å². The number of piperidine rings is 1. The zero-order chi connectivity index (χ0) is 15.2. The molecular formula is C17H25NO3. The van der Waals surface area contributed by atoms with Crippen LogP contribution < -0.4 is 4.74 Å². The van der Waals surface area contributed by atoms with Gasteiger partial charge in [0.05, 0.1) is 12.7 Å². The van der Waals surface area contributed by atoms with Crippen LogP contribution in [0.25, 0.3) is 0 Å². The second-order valence-electron chi connectivity index (χ2n) is 5.75. The van der Waals surface area contributed by atoms with E-state index in [9.17, 15) is 9.90 Å². The molecule has 116 valence electrons. The largest absolute Gasteiger partial charge is 0.494 e. The van der Waals surface area contributed by atoms with E-state index in [0.29, 0.717) is 25.5 Å². The Hall–Kier alpha value is -1.55. The first-order valence-electron chi connectivity index (χ1n) is 7.77. The summed E-state index contributed by atoms with van der Waals surface area (Å²) >= 11 is 0. The van der Waals surface area contributed by atoms with E-state index in [4.69, 9.17) is 4.74 Å². The molecule has 1 amide bonds. The summed E-state index contributed by atoms with van der Waals surface area (Å²) in [5.74, 6) is 1.29. The lowest BCUT2D eigenvalue weighted by Gasteiger charge is -2.34. The molecule has 2 rings (SSSR count). The van der Waals surface area contributed by atoms with Crippen LogP contribution in [0.2, 0.25) is 0 Å². The Morgan fingerprint density at radius 3 is 2.71 bits per heavy atom. The summed E-state index contributed by atoms with van der Waals surface area (Å²) in [4.78, 5) is 14.0. The number of hydrogen-bond acceptors (Lipinski definition) is 3. The molecule has 1 aliphatic rings. The summed E-state index contributed by atoms with van der Waals surface area (Å²) in [5.41, 5.74) is 1.14. The molecule has 1 fully saturated rings. The molecular weight excluding hydrogens is 266 g/mol. The number of aryl methyl sites for hydroxylation is 1. The van der Waals surface area contributed by atoms with Gasteiger partial charge in [0.2, 0.25) is 5.91 Å². The highest BCUT2D eigenvalue weighted by atomic mass is 16.5. The van der Waals surface area contributed by atoms with Gasteiger partial charge in [-0.25, -0.2) is 0 Å². The van der Waals surface area contributed by atoms with Crippen molar-refractivity contribution in [2.45, 2.75) is 39.2 Å². The maximum atomic E-state index is 12.2. The van der Waals surface area contributed by atoms with Crippen LogP contribution >= 0.6 is 0 Å². The van der Waals surface area contributed by atoms with Gasteiger partial charge in [-0.05, 0) is 43.4 Å². The smallest absolute Gasteiger partial charge is 0.222 e. The fourth-order valence-electron chi connectivity index (χ4n) is 2.60. The SMILES string of the molecule is CCOc1ccc(CCC(=O)N2CCC(C)C(O)C2)cc1. The van der Waals surface area contributed by atoms with E-state index in [1.54, 1.807) is 4.90 Å². The Morgan fingerprint density at radius 1 is 1.38 bits per heavy atom. The second-order valence-corrected chi connectivity index (χ2v) is 5.75. The van der Waals surface area contributed by atoms with Gasteiger partial charge >= 0.3 is 0 Å². The molecule has 1 aromatic rings. The number of amides is 1. The molecule has 0 saturated carbocycles. The number of nitrogens with zero attached hydrogens (tertiary/aromatic N) is 1. The first kappa shape index (κ1) is 15.8. The minimum Gasteiger partial charge on any atom is -0.494 e. The molecule has 1 saturated heterocycles. The van der Waals surface area contributed by atoms with Gasteiger partial charge in [-0.3, -0.25) is 4.79 Å². The Labute approximate surface area is 126 Å². The summed E-state index contributed by atoms with van der Waals surface area (Å²) in [5, 5.41) is 9.86. The summed E-state index contributed by atoms with van der Waals surface area (Å²) in [6.07, 6.45) is 1.73. The zero-order valence-corrected chi connectivity index (χ0v) is 12.9. The highest BCUT2D eigenvalue weighted by Gasteiger charge is 2.26. The van der Waals surface area contributed by atoms with E-state index >= 15 is 0 Å². The number of hydrogen-bond donors (Lipinski definition) is 1. The highest BCUT2D eigenvalue weighted by Crippen LogP contribution is 2.18. The number of likely N-dealkylation sites (tertiary alicyclic amines) is 1. The molecule has 1 heterocycles. The fourth-order valence-corrected chi connectivity index (χ4v) is 2.60. The van der Waals surface area contributed by atoms with Gasteiger partial charge in [0.15, 0.2) is 0 Å².